The first-order valence-corrected chi connectivity index (χ1v) is 5.74. The number of rotatable bonds is 6. The van der Waals surface area contributed by atoms with E-state index in [1.165, 1.54) is 51.4 Å². The van der Waals surface area contributed by atoms with Crippen LogP contribution in [0.2, 0.25) is 0 Å². The van der Waals surface area contributed by atoms with Gasteiger partial charge in [-0.2, -0.15) is 0 Å². The van der Waals surface area contributed by atoms with Crippen molar-refractivity contribution in [1.29, 1.82) is 0 Å². The molecule has 0 spiro atoms. The summed E-state index contributed by atoms with van der Waals surface area (Å²) in [6.07, 6.45) is 15.1. The van der Waals surface area contributed by atoms with E-state index in [9.17, 15) is 0 Å². The standard InChI is InChI=1S/C12H22O/c1-2-3-4-5-6-9-12-10-7-8-11-13-12/h8,11-12H,2-7,9-10H2,1H3. The first-order chi connectivity index (χ1) is 6.43. The van der Waals surface area contributed by atoms with Crippen LogP contribution in [0.25, 0.3) is 0 Å². The van der Waals surface area contributed by atoms with Crippen LogP contribution in [-0.4, -0.2) is 6.10 Å². The average Bonchev–Trinajstić information content (AvgIpc) is 2.19. The molecule has 1 heterocycles. The number of unbranched alkanes of at least 4 members (excludes halogenated alkanes) is 4. The van der Waals surface area contributed by atoms with Crippen LogP contribution in [0.1, 0.15) is 58.3 Å². The summed E-state index contributed by atoms with van der Waals surface area (Å²) in [5, 5.41) is 0. The fourth-order valence-corrected chi connectivity index (χ4v) is 1.77. The predicted molar refractivity (Wildman–Crippen MR) is 56.6 cm³/mol. The third-order valence-electron chi connectivity index (χ3n) is 2.65. The van der Waals surface area contributed by atoms with Crippen molar-refractivity contribution in [2.24, 2.45) is 0 Å². The van der Waals surface area contributed by atoms with Gasteiger partial charge in [0, 0.05) is 0 Å². The van der Waals surface area contributed by atoms with E-state index in [4.69, 9.17) is 4.74 Å². The van der Waals surface area contributed by atoms with Crippen LogP contribution in [0, 0.1) is 0 Å². The topological polar surface area (TPSA) is 9.23 Å². The smallest absolute Gasteiger partial charge is 0.0981 e. The molecule has 1 rings (SSSR count). The summed E-state index contributed by atoms with van der Waals surface area (Å²) in [5.41, 5.74) is 0. The van der Waals surface area contributed by atoms with Gasteiger partial charge in [0.1, 0.15) is 0 Å². The molecule has 1 nitrogen and oxygen atoms in total. The Labute approximate surface area is 82.2 Å². The Bertz CT molecular complexity index is 140. The number of hydrogen-bond donors (Lipinski definition) is 0. The fourth-order valence-electron chi connectivity index (χ4n) is 1.77. The zero-order chi connectivity index (χ0) is 9.36. The summed E-state index contributed by atoms with van der Waals surface area (Å²) in [5.74, 6) is 0. The minimum absolute atomic E-state index is 0.520. The second-order valence-electron chi connectivity index (χ2n) is 3.91. The molecule has 0 saturated carbocycles. The van der Waals surface area contributed by atoms with Crippen LogP contribution in [0.5, 0.6) is 0 Å². The molecule has 0 aromatic heterocycles. The Kier molecular flexibility index (Phi) is 5.71. The summed E-state index contributed by atoms with van der Waals surface area (Å²) in [6, 6.07) is 0. The Hall–Kier alpha value is -0.460. The molecule has 0 N–H and O–H groups in total. The van der Waals surface area contributed by atoms with Gasteiger partial charge >= 0.3 is 0 Å². The molecule has 0 saturated heterocycles. The molecule has 1 heteroatoms. The van der Waals surface area contributed by atoms with Gasteiger partial charge in [-0.15, -0.1) is 0 Å². The van der Waals surface area contributed by atoms with Crippen LogP contribution < -0.4 is 0 Å². The minimum Gasteiger partial charge on any atom is -0.498 e. The van der Waals surface area contributed by atoms with Gasteiger partial charge in [0.15, 0.2) is 0 Å². The quantitative estimate of drug-likeness (QED) is 0.563. The Morgan fingerprint density at radius 3 is 2.77 bits per heavy atom. The lowest BCUT2D eigenvalue weighted by molar-refractivity contribution is 0.113. The van der Waals surface area contributed by atoms with E-state index < -0.39 is 0 Å². The fraction of sp³-hybridized carbons (Fsp3) is 0.833. The highest BCUT2D eigenvalue weighted by Crippen LogP contribution is 2.17. The molecule has 0 radical (unpaired) electrons. The number of ether oxygens (including phenoxy) is 1. The van der Waals surface area contributed by atoms with Crippen LogP contribution in [-0.2, 0) is 4.74 Å². The van der Waals surface area contributed by atoms with Crippen molar-refractivity contribution in [1.82, 2.24) is 0 Å². The molecule has 1 aliphatic heterocycles. The maximum Gasteiger partial charge on any atom is 0.0981 e. The highest BCUT2D eigenvalue weighted by Gasteiger charge is 2.09. The average molecular weight is 182 g/mol. The molecule has 1 atom stereocenters. The van der Waals surface area contributed by atoms with E-state index in [2.05, 4.69) is 13.0 Å². The Balaban J connectivity index is 1.90. The molecule has 0 bridgehead atoms. The lowest BCUT2D eigenvalue weighted by Gasteiger charge is -2.18. The highest BCUT2D eigenvalue weighted by molar-refractivity contribution is 4.81. The molecule has 0 aromatic rings. The molecule has 0 aromatic carbocycles. The SMILES string of the molecule is CCCCCCCC1CCC=CO1. The molecular weight excluding hydrogens is 160 g/mol. The second-order valence-corrected chi connectivity index (χ2v) is 3.91. The van der Waals surface area contributed by atoms with Gasteiger partial charge in [0.25, 0.3) is 0 Å². The van der Waals surface area contributed by atoms with Gasteiger partial charge in [0.2, 0.25) is 0 Å². The molecule has 0 fully saturated rings. The van der Waals surface area contributed by atoms with Gasteiger partial charge in [-0.3, -0.25) is 0 Å². The second kappa shape index (κ2) is 6.99. The first-order valence-electron chi connectivity index (χ1n) is 5.74. The maximum atomic E-state index is 5.50. The number of allylic oxidation sites excluding steroid dienone is 1. The predicted octanol–water partition coefficient (Wildman–Crippen LogP) is 4.04. The maximum absolute atomic E-state index is 5.50. The summed E-state index contributed by atoms with van der Waals surface area (Å²) in [6.45, 7) is 2.26. The largest absolute Gasteiger partial charge is 0.498 e. The van der Waals surface area contributed by atoms with E-state index in [0.717, 1.165) is 0 Å². The van der Waals surface area contributed by atoms with Crippen LogP contribution in [0.15, 0.2) is 12.3 Å². The van der Waals surface area contributed by atoms with Crippen molar-refractivity contribution in [3.05, 3.63) is 12.3 Å². The lowest BCUT2D eigenvalue weighted by Crippen LogP contribution is -2.11. The molecular formula is C12H22O. The van der Waals surface area contributed by atoms with Gasteiger partial charge in [-0.05, 0) is 31.8 Å². The minimum atomic E-state index is 0.520. The first kappa shape index (κ1) is 10.6. The van der Waals surface area contributed by atoms with Gasteiger partial charge in [-0.1, -0.05) is 32.6 Å². The monoisotopic (exact) mass is 182 g/mol. The molecule has 1 aliphatic rings. The lowest BCUT2D eigenvalue weighted by atomic mass is 10.0. The normalized spacial score (nSPS) is 21.5. The zero-order valence-corrected chi connectivity index (χ0v) is 8.80. The molecule has 76 valence electrons. The molecule has 1 unspecified atom stereocenters. The molecule has 0 aliphatic carbocycles. The van der Waals surface area contributed by atoms with Crippen LogP contribution in [0.3, 0.4) is 0 Å². The third-order valence-corrected chi connectivity index (χ3v) is 2.65. The third kappa shape index (κ3) is 4.97. The Morgan fingerprint density at radius 2 is 2.08 bits per heavy atom. The van der Waals surface area contributed by atoms with E-state index in [-0.39, 0.29) is 0 Å². The summed E-state index contributed by atoms with van der Waals surface area (Å²) in [7, 11) is 0. The number of hydrogen-bond acceptors (Lipinski definition) is 1. The van der Waals surface area contributed by atoms with Crippen molar-refractivity contribution in [3.63, 3.8) is 0 Å². The van der Waals surface area contributed by atoms with E-state index in [0.29, 0.717) is 6.10 Å². The molecule has 0 amide bonds. The van der Waals surface area contributed by atoms with Gasteiger partial charge < -0.3 is 4.74 Å². The Morgan fingerprint density at radius 1 is 1.23 bits per heavy atom. The summed E-state index contributed by atoms with van der Waals surface area (Å²) < 4.78 is 5.50. The van der Waals surface area contributed by atoms with E-state index >= 15 is 0 Å². The summed E-state index contributed by atoms with van der Waals surface area (Å²) >= 11 is 0. The van der Waals surface area contributed by atoms with Crippen molar-refractivity contribution in [2.45, 2.75) is 64.4 Å². The summed E-state index contributed by atoms with van der Waals surface area (Å²) in [4.78, 5) is 0. The van der Waals surface area contributed by atoms with Gasteiger partial charge in [0.05, 0.1) is 12.4 Å². The van der Waals surface area contributed by atoms with Crippen molar-refractivity contribution < 1.29 is 4.74 Å². The van der Waals surface area contributed by atoms with Crippen molar-refractivity contribution in [2.75, 3.05) is 0 Å². The van der Waals surface area contributed by atoms with Crippen molar-refractivity contribution >= 4 is 0 Å². The van der Waals surface area contributed by atoms with E-state index in [1.807, 2.05) is 6.26 Å². The van der Waals surface area contributed by atoms with Gasteiger partial charge in [-0.25, -0.2) is 0 Å². The highest BCUT2D eigenvalue weighted by atomic mass is 16.5. The van der Waals surface area contributed by atoms with Crippen LogP contribution >= 0.6 is 0 Å². The van der Waals surface area contributed by atoms with Crippen LogP contribution in [0.4, 0.5) is 0 Å². The van der Waals surface area contributed by atoms with E-state index in [1.54, 1.807) is 0 Å². The van der Waals surface area contributed by atoms with Crippen molar-refractivity contribution in [3.8, 4) is 0 Å². The molecule has 13 heavy (non-hydrogen) atoms. The zero-order valence-electron chi connectivity index (χ0n) is 8.80.